The normalized spacial score (nSPS) is 32.6. The first-order valence-corrected chi connectivity index (χ1v) is 14.0. The number of aliphatic hydroxyl groups is 8. The molecule has 1 aromatic carbocycles. The number of benzene rings is 1. The van der Waals surface area contributed by atoms with Gasteiger partial charge in [-0.3, -0.25) is 0 Å². The first-order valence-electron chi connectivity index (χ1n) is 14.0. The number of nitrogens with zero attached hydrogens (tertiary/aromatic N) is 2. The molecule has 0 aliphatic carbocycles. The average molecular weight is 625 g/mol. The van der Waals surface area contributed by atoms with Crippen molar-refractivity contribution in [2.24, 2.45) is 0 Å². The van der Waals surface area contributed by atoms with Crippen molar-refractivity contribution < 1.29 is 68.8 Å². The summed E-state index contributed by atoms with van der Waals surface area (Å²) in [5, 5.41) is 86.4. The molecule has 2 aliphatic heterocycles. The van der Waals surface area contributed by atoms with Gasteiger partial charge in [-0.2, -0.15) is 0 Å². The zero-order chi connectivity index (χ0) is 31.4. The van der Waals surface area contributed by atoms with Crippen LogP contribution < -0.4 is 0 Å². The molecule has 44 heavy (non-hydrogen) atoms. The van der Waals surface area contributed by atoms with E-state index >= 15 is 0 Å². The third kappa shape index (κ3) is 7.51. The monoisotopic (exact) mass is 624 g/mol. The predicted octanol–water partition coefficient (Wildman–Crippen LogP) is -2.52. The highest BCUT2D eigenvalue weighted by atomic mass is 16.7. The number of hydrogen-bond donors (Lipinski definition) is 8. The van der Waals surface area contributed by atoms with Crippen molar-refractivity contribution in [3.63, 3.8) is 0 Å². The van der Waals surface area contributed by atoms with Crippen molar-refractivity contribution in [3.8, 4) is 0 Å². The number of rotatable bonds is 12. The van der Waals surface area contributed by atoms with Crippen molar-refractivity contribution >= 4 is 0 Å². The van der Waals surface area contributed by atoms with E-state index in [2.05, 4.69) is 10.3 Å². The molecule has 0 saturated carbocycles. The van der Waals surface area contributed by atoms with E-state index in [-0.39, 0.29) is 13.2 Å². The molecule has 8 N–H and O–H groups in total. The number of aliphatic hydroxyl groups excluding tert-OH is 8. The number of ether oxygens (including phenoxy) is 4. The van der Waals surface area contributed by atoms with Crippen LogP contribution in [0.2, 0.25) is 0 Å². The van der Waals surface area contributed by atoms with Gasteiger partial charge in [0.05, 0.1) is 24.6 Å². The Hall–Kier alpha value is -2.84. The van der Waals surface area contributed by atoms with Crippen LogP contribution in [-0.2, 0) is 45.0 Å². The summed E-state index contributed by atoms with van der Waals surface area (Å²) in [4.78, 5) is 0. The lowest BCUT2D eigenvalue weighted by Crippen LogP contribution is -2.59. The molecule has 5 rings (SSSR count). The highest BCUT2D eigenvalue weighted by Crippen LogP contribution is 2.25. The van der Waals surface area contributed by atoms with Gasteiger partial charge in [-0.15, -0.1) is 0 Å². The van der Waals surface area contributed by atoms with Gasteiger partial charge >= 0.3 is 0 Å². The molecular weight excluding hydrogens is 588 g/mol. The van der Waals surface area contributed by atoms with Gasteiger partial charge in [-0.05, 0) is 11.1 Å². The fourth-order valence-electron chi connectivity index (χ4n) is 4.95. The maximum absolute atomic E-state index is 10.1. The molecule has 4 heterocycles. The van der Waals surface area contributed by atoms with Gasteiger partial charge in [0.1, 0.15) is 62.0 Å². The second-order valence-corrected chi connectivity index (χ2v) is 10.8. The van der Waals surface area contributed by atoms with E-state index in [1.165, 1.54) is 0 Å². The first kappa shape index (κ1) is 32.6. The minimum absolute atomic E-state index is 0.123. The van der Waals surface area contributed by atoms with Crippen molar-refractivity contribution in [2.45, 2.75) is 87.5 Å². The second kappa shape index (κ2) is 14.5. The molecule has 242 valence electrons. The second-order valence-electron chi connectivity index (χ2n) is 10.8. The van der Waals surface area contributed by atoms with Gasteiger partial charge in [0.15, 0.2) is 24.1 Å². The summed E-state index contributed by atoms with van der Waals surface area (Å²) < 4.78 is 32.2. The molecule has 16 nitrogen and oxygen atoms in total. The molecule has 10 atom stereocenters. The maximum atomic E-state index is 10.1. The molecule has 3 aromatic rings. The molecule has 2 saturated heterocycles. The molecule has 2 aromatic heterocycles. The minimum Gasteiger partial charge on any atom is -0.394 e. The van der Waals surface area contributed by atoms with E-state index < -0.39 is 74.6 Å². The van der Waals surface area contributed by atoms with Crippen molar-refractivity contribution in [1.82, 2.24) is 10.3 Å². The predicted molar refractivity (Wildman–Crippen MR) is 142 cm³/mol. The van der Waals surface area contributed by atoms with E-state index in [9.17, 15) is 40.9 Å². The zero-order valence-corrected chi connectivity index (χ0v) is 23.4. The molecule has 2 aliphatic rings. The van der Waals surface area contributed by atoms with Crippen molar-refractivity contribution in [1.29, 1.82) is 0 Å². The van der Waals surface area contributed by atoms with Crippen molar-refractivity contribution in [2.75, 3.05) is 13.2 Å². The summed E-state index contributed by atoms with van der Waals surface area (Å²) in [5.74, 6) is 0.705. The Balaban J connectivity index is 1.08. The van der Waals surface area contributed by atoms with Gasteiger partial charge in [0.25, 0.3) is 0 Å². The van der Waals surface area contributed by atoms with Gasteiger partial charge in [0, 0.05) is 25.0 Å². The number of hydrogen-bond acceptors (Lipinski definition) is 16. The van der Waals surface area contributed by atoms with Crippen molar-refractivity contribution in [3.05, 3.63) is 70.4 Å². The molecular formula is C28H36N2O14. The summed E-state index contributed by atoms with van der Waals surface area (Å²) in [6.07, 6.45) is -12.8. The summed E-state index contributed by atoms with van der Waals surface area (Å²) in [5.41, 5.74) is 3.17. The standard InChI is InChI=1S/C28H36N2O14/c31-9-19-21(33)23(35)25(37)27(41-19)39-11-17-7-15(29-43-17)5-13-1-2-14(4-3-13)6-16-8-18(44-30-16)12-40-28-26(38)24(36)22(34)20(10-32)42-28/h1-4,7-8,19-28,31-38H,5-6,9-12H2/t19-,20-,21-,22-,23+,24+,25+,26+,27+,28+/m1/s1. The zero-order valence-electron chi connectivity index (χ0n) is 23.4. The Morgan fingerprint density at radius 1 is 0.568 bits per heavy atom. The summed E-state index contributed by atoms with van der Waals surface area (Å²) >= 11 is 0. The van der Waals surface area contributed by atoms with Crippen LogP contribution in [0.5, 0.6) is 0 Å². The third-order valence-electron chi connectivity index (χ3n) is 7.49. The topological polar surface area (TPSA) is 251 Å². The van der Waals surface area contributed by atoms with E-state index in [1.54, 1.807) is 12.1 Å². The van der Waals surface area contributed by atoms with Gasteiger partial charge < -0.3 is 68.8 Å². The molecule has 0 radical (unpaired) electrons. The Bertz CT molecular complexity index is 1210. The van der Waals surface area contributed by atoms with Crippen LogP contribution in [0.25, 0.3) is 0 Å². The minimum atomic E-state index is -1.54. The third-order valence-corrected chi connectivity index (χ3v) is 7.49. The Morgan fingerprint density at radius 3 is 1.32 bits per heavy atom. The first-order chi connectivity index (χ1) is 21.2. The lowest BCUT2D eigenvalue weighted by atomic mass is 9.99. The smallest absolute Gasteiger partial charge is 0.187 e. The van der Waals surface area contributed by atoms with E-state index in [4.69, 9.17) is 28.0 Å². The van der Waals surface area contributed by atoms with E-state index in [0.29, 0.717) is 35.7 Å². The Kier molecular flexibility index (Phi) is 10.7. The van der Waals surface area contributed by atoms with Crippen LogP contribution in [0, 0.1) is 0 Å². The fraction of sp³-hybridized carbons (Fsp3) is 0.571. The highest BCUT2D eigenvalue weighted by Gasteiger charge is 2.45. The van der Waals surface area contributed by atoms with Crippen LogP contribution in [0.1, 0.15) is 34.0 Å². The summed E-state index contributed by atoms with van der Waals surface area (Å²) in [6.45, 7) is -1.36. The lowest BCUT2D eigenvalue weighted by molar-refractivity contribution is -0.305. The number of aromatic nitrogens is 2. The van der Waals surface area contributed by atoms with Gasteiger partial charge in [-0.25, -0.2) is 0 Å². The molecule has 0 bridgehead atoms. The average Bonchev–Trinajstić information content (AvgIpc) is 3.68. The van der Waals surface area contributed by atoms with Gasteiger partial charge in [-0.1, -0.05) is 34.6 Å². The van der Waals surface area contributed by atoms with Crippen LogP contribution in [-0.4, -0.2) is 126 Å². The van der Waals surface area contributed by atoms with Gasteiger partial charge in [0.2, 0.25) is 0 Å². The summed E-state index contributed by atoms with van der Waals surface area (Å²) in [7, 11) is 0. The molecule has 0 spiro atoms. The molecule has 16 heteroatoms. The van der Waals surface area contributed by atoms with Crippen LogP contribution in [0.3, 0.4) is 0 Å². The van der Waals surface area contributed by atoms with Crippen LogP contribution >= 0.6 is 0 Å². The SMILES string of the molecule is OC[C@H]1O[C@H](OCc2cc(Cc3ccc(Cc4cc(CO[C@H]5O[C@H](CO)[C@@H](O)[C@H](O)[C@@H]5O)on4)cc3)no2)[C@@H](O)[C@@H](O)[C@@H]1O. The summed E-state index contributed by atoms with van der Waals surface area (Å²) in [6, 6.07) is 11.1. The highest BCUT2D eigenvalue weighted by molar-refractivity contribution is 5.28. The van der Waals surface area contributed by atoms with Crippen LogP contribution in [0.4, 0.5) is 0 Å². The maximum Gasteiger partial charge on any atom is 0.187 e. The lowest BCUT2D eigenvalue weighted by Gasteiger charge is -2.39. The Morgan fingerprint density at radius 2 is 0.955 bits per heavy atom. The Labute approximate surface area is 250 Å². The van der Waals surface area contributed by atoms with E-state index in [0.717, 1.165) is 11.1 Å². The molecule has 0 amide bonds. The van der Waals surface area contributed by atoms with Crippen LogP contribution in [0.15, 0.2) is 45.4 Å². The molecule has 2 fully saturated rings. The van der Waals surface area contributed by atoms with E-state index in [1.807, 2.05) is 24.3 Å². The quantitative estimate of drug-likeness (QED) is 0.103. The largest absolute Gasteiger partial charge is 0.394 e. The fourth-order valence-corrected chi connectivity index (χ4v) is 4.95. The molecule has 0 unspecified atom stereocenters.